The number of phosphoric ester groups is 1. The van der Waals surface area contributed by atoms with Crippen molar-refractivity contribution < 1.29 is 37.8 Å². The Bertz CT molecular complexity index is 523. The topological polar surface area (TPSA) is 134 Å². The number of hydrogen-bond donors (Lipinski definition) is 4. The molecule has 0 aliphatic rings. The Kier molecular flexibility index (Phi) is 11.2. The summed E-state index contributed by atoms with van der Waals surface area (Å²) in [5.41, 5.74) is 1.79. The molecule has 0 heterocycles. The zero-order valence-corrected chi connectivity index (χ0v) is 16.1. The minimum atomic E-state index is -5.09. The first-order chi connectivity index (χ1) is 11.0. The number of allylic oxidation sites excluding steroid dienone is 2. The molecule has 0 bridgehead atoms. The van der Waals surface area contributed by atoms with Crippen molar-refractivity contribution >= 4 is 15.6 Å². The number of aliphatic hydroxyl groups is 1. The molecule has 0 rings (SSSR count). The monoisotopic (exact) mass is 386 g/mol. The summed E-state index contributed by atoms with van der Waals surface area (Å²) >= 11 is 0. The van der Waals surface area contributed by atoms with Crippen molar-refractivity contribution in [2.75, 3.05) is 6.61 Å². The molecule has 24 heavy (non-hydrogen) atoms. The lowest BCUT2D eigenvalue weighted by atomic mass is 10.0. The van der Waals surface area contributed by atoms with Gasteiger partial charge in [0.2, 0.25) is 0 Å². The molecule has 8 nitrogen and oxygen atoms in total. The van der Waals surface area contributed by atoms with Gasteiger partial charge in [0.1, 0.15) is 0 Å². The van der Waals surface area contributed by atoms with E-state index in [0.29, 0.717) is 12.8 Å². The molecular formula is C14H28O8P2. The Morgan fingerprint density at radius 2 is 1.79 bits per heavy atom. The molecule has 0 fully saturated rings. The fourth-order valence-electron chi connectivity index (χ4n) is 1.82. The second-order valence-electron chi connectivity index (χ2n) is 5.53. The summed E-state index contributed by atoms with van der Waals surface area (Å²) in [5, 5.41) is 9.90. The predicted octanol–water partition coefficient (Wildman–Crippen LogP) is 3.44. The van der Waals surface area contributed by atoms with Gasteiger partial charge in [0, 0.05) is 0 Å². The fraction of sp³-hybridized carbons (Fsp3) is 0.714. The molecule has 0 aromatic carbocycles. The number of phosphoric acid groups is 2. The minimum absolute atomic E-state index is 0.304. The summed E-state index contributed by atoms with van der Waals surface area (Å²) < 4.78 is 29.8. The van der Waals surface area contributed by atoms with E-state index in [-0.39, 0.29) is 6.61 Å². The molecular weight excluding hydrogens is 358 g/mol. The SMILES string of the molecule is CCCCC(O)/C(C)=C/CC/C(C)=C/COP(=O)(O)OP(=O)(O)O. The van der Waals surface area contributed by atoms with Gasteiger partial charge in [0.15, 0.2) is 0 Å². The van der Waals surface area contributed by atoms with Crippen LogP contribution in [0.4, 0.5) is 0 Å². The maximum Gasteiger partial charge on any atom is 0.481 e. The molecule has 2 atom stereocenters. The third-order valence-corrected chi connectivity index (χ3v) is 5.39. The van der Waals surface area contributed by atoms with Crippen molar-refractivity contribution in [3.63, 3.8) is 0 Å². The van der Waals surface area contributed by atoms with Gasteiger partial charge in [-0.15, -0.1) is 0 Å². The molecule has 0 aliphatic carbocycles. The molecule has 4 N–H and O–H groups in total. The van der Waals surface area contributed by atoms with Crippen molar-refractivity contribution in [3.05, 3.63) is 23.3 Å². The van der Waals surface area contributed by atoms with E-state index in [2.05, 4.69) is 15.8 Å². The molecule has 0 radical (unpaired) electrons. The van der Waals surface area contributed by atoms with Crippen LogP contribution in [0.2, 0.25) is 0 Å². The van der Waals surface area contributed by atoms with E-state index in [9.17, 15) is 14.2 Å². The highest BCUT2D eigenvalue weighted by atomic mass is 31.3. The first-order valence-electron chi connectivity index (χ1n) is 7.71. The van der Waals surface area contributed by atoms with E-state index in [1.165, 1.54) is 6.08 Å². The van der Waals surface area contributed by atoms with Crippen LogP contribution in [0.3, 0.4) is 0 Å². The largest absolute Gasteiger partial charge is 0.481 e. The standard InChI is InChI=1S/C14H28O8P2/c1-4-5-9-14(15)13(3)8-6-7-12(2)10-11-21-24(19,20)22-23(16,17)18/h8,10,14-15H,4-7,9,11H2,1-3H3,(H,19,20)(H2,16,17,18)/b12-10+,13-8+. The van der Waals surface area contributed by atoms with Gasteiger partial charge < -0.3 is 19.8 Å². The van der Waals surface area contributed by atoms with E-state index >= 15 is 0 Å². The average molecular weight is 386 g/mol. The first-order valence-corrected chi connectivity index (χ1v) is 10.7. The Balaban J connectivity index is 4.24. The predicted molar refractivity (Wildman–Crippen MR) is 91.2 cm³/mol. The Hall–Kier alpha value is -0.300. The zero-order valence-electron chi connectivity index (χ0n) is 14.3. The maximum absolute atomic E-state index is 11.2. The summed E-state index contributed by atoms with van der Waals surface area (Å²) in [6.07, 6.45) is 7.17. The quantitative estimate of drug-likeness (QED) is 0.296. The van der Waals surface area contributed by atoms with Crippen LogP contribution >= 0.6 is 15.6 Å². The summed E-state index contributed by atoms with van der Waals surface area (Å²) in [5.74, 6) is 0. The normalized spacial score (nSPS) is 17.6. The highest BCUT2D eigenvalue weighted by Gasteiger charge is 2.31. The van der Waals surface area contributed by atoms with E-state index in [1.807, 2.05) is 13.0 Å². The van der Waals surface area contributed by atoms with Crippen molar-refractivity contribution in [1.82, 2.24) is 0 Å². The zero-order chi connectivity index (χ0) is 18.8. The molecule has 0 saturated heterocycles. The van der Waals surface area contributed by atoms with Gasteiger partial charge in [-0.1, -0.05) is 37.5 Å². The number of rotatable bonds is 12. The van der Waals surface area contributed by atoms with Crippen molar-refractivity contribution in [3.8, 4) is 0 Å². The Labute approximate surface area is 143 Å². The van der Waals surface area contributed by atoms with Gasteiger partial charge in [0.25, 0.3) is 0 Å². The average Bonchev–Trinajstić information content (AvgIpc) is 2.41. The van der Waals surface area contributed by atoms with Crippen LogP contribution in [0, 0.1) is 0 Å². The summed E-state index contributed by atoms with van der Waals surface area (Å²) in [4.78, 5) is 26.0. The van der Waals surface area contributed by atoms with Crippen LogP contribution in [0.15, 0.2) is 23.3 Å². The third kappa shape index (κ3) is 13.0. The lowest BCUT2D eigenvalue weighted by Gasteiger charge is -2.11. The molecule has 2 unspecified atom stereocenters. The summed E-state index contributed by atoms with van der Waals surface area (Å²) in [6.45, 7) is 5.44. The van der Waals surface area contributed by atoms with Gasteiger partial charge in [-0.25, -0.2) is 9.13 Å². The van der Waals surface area contributed by atoms with Crippen molar-refractivity contribution in [2.24, 2.45) is 0 Å². The second-order valence-corrected chi connectivity index (χ2v) is 8.36. The molecule has 0 aliphatic heterocycles. The van der Waals surface area contributed by atoms with Gasteiger partial charge in [0.05, 0.1) is 12.7 Å². The molecule has 0 aromatic heterocycles. The summed E-state index contributed by atoms with van der Waals surface area (Å²) in [7, 11) is -9.88. The molecule has 0 amide bonds. The fourth-order valence-corrected chi connectivity index (χ4v) is 3.35. The van der Waals surface area contributed by atoms with Crippen LogP contribution < -0.4 is 0 Å². The lowest BCUT2D eigenvalue weighted by Crippen LogP contribution is -2.07. The van der Waals surface area contributed by atoms with Crippen LogP contribution in [-0.4, -0.2) is 32.5 Å². The molecule has 0 aromatic rings. The van der Waals surface area contributed by atoms with Crippen LogP contribution in [0.1, 0.15) is 52.9 Å². The van der Waals surface area contributed by atoms with E-state index in [4.69, 9.17) is 14.7 Å². The van der Waals surface area contributed by atoms with Crippen LogP contribution in [0.5, 0.6) is 0 Å². The Morgan fingerprint density at radius 3 is 2.33 bits per heavy atom. The molecule has 142 valence electrons. The summed E-state index contributed by atoms with van der Waals surface area (Å²) in [6, 6.07) is 0. The minimum Gasteiger partial charge on any atom is -0.389 e. The van der Waals surface area contributed by atoms with E-state index in [0.717, 1.165) is 30.4 Å². The number of aliphatic hydroxyl groups excluding tert-OH is 1. The maximum atomic E-state index is 11.2. The third-order valence-electron chi connectivity index (χ3n) is 3.24. The number of unbranched alkanes of at least 4 members (excludes halogenated alkanes) is 1. The molecule has 0 saturated carbocycles. The first kappa shape index (κ1) is 23.7. The second kappa shape index (κ2) is 11.3. The van der Waals surface area contributed by atoms with Crippen molar-refractivity contribution in [2.45, 2.75) is 59.0 Å². The van der Waals surface area contributed by atoms with Gasteiger partial charge in [-0.3, -0.25) is 4.52 Å². The smallest absolute Gasteiger partial charge is 0.389 e. The Morgan fingerprint density at radius 1 is 1.17 bits per heavy atom. The van der Waals surface area contributed by atoms with Gasteiger partial charge >= 0.3 is 15.6 Å². The highest BCUT2D eigenvalue weighted by molar-refractivity contribution is 7.60. The lowest BCUT2D eigenvalue weighted by molar-refractivity contribution is 0.190. The van der Waals surface area contributed by atoms with E-state index in [1.54, 1.807) is 6.92 Å². The van der Waals surface area contributed by atoms with Crippen molar-refractivity contribution in [1.29, 1.82) is 0 Å². The molecule has 0 spiro atoms. The van der Waals surface area contributed by atoms with Crippen LogP contribution in [0.25, 0.3) is 0 Å². The highest BCUT2D eigenvalue weighted by Crippen LogP contribution is 2.57. The van der Waals surface area contributed by atoms with Gasteiger partial charge in [-0.05, 0) is 38.7 Å². The molecule has 10 heteroatoms. The van der Waals surface area contributed by atoms with Crippen LogP contribution in [-0.2, 0) is 18.0 Å². The van der Waals surface area contributed by atoms with Gasteiger partial charge in [-0.2, -0.15) is 4.31 Å². The van der Waals surface area contributed by atoms with E-state index < -0.39 is 21.7 Å². The number of hydrogen-bond acceptors (Lipinski definition) is 5.